The number of para-hydroxylation sites is 1. The number of aryl methyl sites for hydroxylation is 1. The number of fused-ring (bicyclic) bond motifs is 2. The molecule has 0 radical (unpaired) electrons. The Labute approximate surface area is 178 Å². The van der Waals surface area contributed by atoms with Gasteiger partial charge >= 0.3 is 0 Å². The standard InChI is InChI=1S/C23H23N5O3/c1-26-20(24-17-8-5-4-7-15(17)22(26)30)19-9-6-12-28(19)21(29)14-10-11-16-18(13-14)25-27(2)23(16)31-3/h4-5,7-8,10-11,13,19H,6,9,12H2,1-3H3. The second-order valence-corrected chi connectivity index (χ2v) is 7.87. The van der Waals surface area contributed by atoms with Gasteiger partial charge in [0.05, 0.1) is 35.0 Å². The predicted molar refractivity (Wildman–Crippen MR) is 117 cm³/mol. The molecule has 0 spiro atoms. The van der Waals surface area contributed by atoms with Crippen LogP contribution >= 0.6 is 0 Å². The van der Waals surface area contributed by atoms with Crippen molar-refractivity contribution in [3.63, 3.8) is 0 Å². The zero-order chi connectivity index (χ0) is 21.7. The maximum Gasteiger partial charge on any atom is 0.261 e. The first-order valence-electron chi connectivity index (χ1n) is 10.3. The Hall–Kier alpha value is -3.68. The highest BCUT2D eigenvalue weighted by Crippen LogP contribution is 2.33. The van der Waals surface area contributed by atoms with E-state index in [-0.39, 0.29) is 17.5 Å². The Morgan fingerprint density at radius 2 is 1.90 bits per heavy atom. The molecule has 0 N–H and O–H groups in total. The van der Waals surface area contributed by atoms with Crippen molar-refractivity contribution in [3.8, 4) is 5.88 Å². The van der Waals surface area contributed by atoms with Gasteiger partial charge in [-0.15, -0.1) is 0 Å². The number of hydrogen-bond donors (Lipinski definition) is 0. The van der Waals surface area contributed by atoms with Gasteiger partial charge in [-0.1, -0.05) is 12.1 Å². The minimum absolute atomic E-state index is 0.0866. The van der Waals surface area contributed by atoms with Crippen molar-refractivity contribution in [2.75, 3.05) is 13.7 Å². The molecule has 1 amide bonds. The second-order valence-electron chi connectivity index (χ2n) is 7.87. The zero-order valence-electron chi connectivity index (χ0n) is 17.7. The lowest BCUT2D eigenvalue weighted by Gasteiger charge is -2.26. The number of aromatic nitrogens is 4. The molecule has 1 aliphatic rings. The summed E-state index contributed by atoms with van der Waals surface area (Å²) in [6, 6.07) is 12.5. The van der Waals surface area contributed by atoms with E-state index in [1.807, 2.05) is 36.2 Å². The van der Waals surface area contributed by atoms with Gasteiger partial charge in [0.15, 0.2) is 0 Å². The van der Waals surface area contributed by atoms with Gasteiger partial charge in [0.1, 0.15) is 5.82 Å². The third-order valence-corrected chi connectivity index (χ3v) is 6.05. The number of ether oxygens (including phenoxy) is 1. The fourth-order valence-corrected chi connectivity index (χ4v) is 4.53. The van der Waals surface area contributed by atoms with Crippen LogP contribution in [0.3, 0.4) is 0 Å². The molecule has 2 aromatic heterocycles. The van der Waals surface area contributed by atoms with Gasteiger partial charge in [-0.2, -0.15) is 5.10 Å². The monoisotopic (exact) mass is 417 g/mol. The minimum atomic E-state index is -0.247. The molecule has 1 unspecified atom stereocenters. The molecular formula is C23H23N5O3. The number of nitrogens with zero attached hydrogens (tertiary/aromatic N) is 5. The number of likely N-dealkylation sites (tertiary alicyclic amines) is 1. The lowest BCUT2D eigenvalue weighted by atomic mass is 10.1. The quantitative estimate of drug-likeness (QED) is 0.512. The molecule has 0 saturated carbocycles. The number of hydrogen-bond acceptors (Lipinski definition) is 5. The number of benzene rings is 2. The number of methoxy groups -OCH3 is 1. The molecule has 0 bridgehead atoms. The van der Waals surface area contributed by atoms with Crippen molar-refractivity contribution in [3.05, 3.63) is 64.2 Å². The fourth-order valence-electron chi connectivity index (χ4n) is 4.53. The first kappa shape index (κ1) is 19.3. The summed E-state index contributed by atoms with van der Waals surface area (Å²) in [6.45, 7) is 0.621. The molecule has 8 nitrogen and oxygen atoms in total. The summed E-state index contributed by atoms with van der Waals surface area (Å²) in [5.74, 6) is 1.19. The molecular weight excluding hydrogens is 394 g/mol. The molecule has 8 heteroatoms. The summed E-state index contributed by atoms with van der Waals surface area (Å²) in [4.78, 5) is 32.9. The molecule has 4 aromatic rings. The topological polar surface area (TPSA) is 82.2 Å². The van der Waals surface area contributed by atoms with E-state index in [0.29, 0.717) is 40.2 Å². The lowest BCUT2D eigenvalue weighted by molar-refractivity contribution is 0.0727. The van der Waals surface area contributed by atoms with Crippen molar-refractivity contribution < 1.29 is 9.53 Å². The van der Waals surface area contributed by atoms with Crippen LogP contribution in [-0.2, 0) is 14.1 Å². The molecule has 2 aromatic carbocycles. The van der Waals surface area contributed by atoms with Crippen LogP contribution in [0.1, 0.15) is 35.1 Å². The third kappa shape index (κ3) is 2.98. The third-order valence-electron chi connectivity index (χ3n) is 6.05. The number of carbonyl (C=O) groups is 1. The van der Waals surface area contributed by atoms with E-state index >= 15 is 0 Å². The lowest BCUT2D eigenvalue weighted by Crippen LogP contribution is -2.34. The SMILES string of the molecule is COc1c2ccc(C(=O)N3CCCC3c3nc4ccccc4c(=O)n3C)cc2nn1C. The van der Waals surface area contributed by atoms with Crippen LogP contribution in [0.4, 0.5) is 0 Å². The normalized spacial score (nSPS) is 16.4. The van der Waals surface area contributed by atoms with Gasteiger partial charge in [0.2, 0.25) is 5.88 Å². The van der Waals surface area contributed by atoms with Gasteiger partial charge in [-0.3, -0.25) is 14.2 Å². The summed E-state index contributed by atoms with van der Waals surface area (Å²) in [5.41, 5.74) is 1.83. The van der Waals surface area contributed by atoms with Crippen LogP contribution in [0.25, 0.3) is 21.8 Å². The smallest absolute Gasteiger partial charge is 0.261 e. The minimum Gasteiger partial charge on any atom is -0.481 e. The van der Waals surface area contributed by atoms with Gasteiger partial charge in [0.25, 0.3) is 11.5 Å². The molecule has 5 rings (SSSR count). The van der Waals surface area contributed by atoms with Gasteiger partial charge in [-0.25, -0.2) is 9.67 Å². The van der Waals surface area contributed by atoms with E-state index in [9.17, 15) is 9.59 Å². The number of amides is 1. The molecule has 1 fully saturated rings. The van der Waals surface area contributed by atoms with E-state index in [0.717, 1.165) is 18.2 Å². The second kappa shape index (κ2) is 7.23. The van der Waals surface area contributed by atoms with Crippen LogP contribution in [-0.4, -0.2) is 43.8 Å². The average Bonchev–Trinajstić information content (AvgIpc) is 3.38. The van der Waals surface area contributed by atoms with Crippen LogP contribution < -0.4 is 10.3 Å². The Bertz CT molecular complexity index is 1390. The fraction of sp³-hybridized carbons (Fsp3) is 0.304. The summed E-state index contributed by atoms with van der Waals surface area (Å²) in [5, 5.41) is 5.90. The molecule has 158 valence electrons. The molecule has 3 heterocycles. The Kier molecular flexibility index (Phi) is 4.50. The highest BCUT2D eigenvalue weighted by Gasteiger charge is 2.33. The summed E-state index contributed by atoms with van der Waals surface area (Å²) in [6.07, 6.45) is 1.63. The predicted octanol–water partition coefficient (Wildman–Crippen LogP) is 2.81. The van der Waals surface area contributed by atoms with Crippen LogP contribution in [0.2, 0.25) is 0 Å². The van der Waals surface area contributed by atoms with Gasteiger partial charge in [0, 0.05) is 26.2 Å². The van der Waals surface area contributed by atoms with Crippen molar-refractivity contribution in [2.45, 2.75) is 18.9 Å². The molecule has 1 aliphatic heterocycles. The largest absolute Gasteiger partial charge is 0.481 e. The Balaban J connectivity index is 1.54. The van der Waals surface area contributed by atoms with E-state index < -0.39 is 0 Å². The Morgan fingerprint density at radius 3 is 2.71 bits per heavy atom. The molecule has 31 heavy (non-hydrogen) atoms. The number of rotatable bonds is 3. The summed E-state index contributed by atoms with van der Waals surface area (Å²) < 4.78 is 8.63. The van der Waals surface area contributed by atoms with Gasteiger partial charge < -0.3 is 9.64 Å². The van der Waals surface area contributed by atoms with E-state index in [1.54, 1.807) is 41.6 Å². The summed E-state index contributed by atoms with van der Waals surface area (Å²) >= 11 is 0. The maximum absolute atomic E-state index is 13.4. The van der Waals surface area contributed by atoms with Crippen molar-refractivity contribution >= 4 is 27.7 Å². The molecule has 1 atom stereocenters. The van der Waals surface area contributed by atoms with Crippen LogP contribution in [0, 0.1) is 0 Å². The van der Waals surface area contributed by atoms with Crippen molar-refractivity contribution in [1.82, 2.24) is 24.2 Å². The first-order chi connectivity index (χ1) is 15.0. The van der Waals surface area contributed by atoms with Crippen LogP contribution in [0.5, 0.6) is 5.88 Å². The maximum atomic E-state index is 13.4. The zero-order valence-corrected chi connectivity index (χ0v) is 17.7. The summed E-state index contributed by atoms with van der Waals surface area (Å²) in [7, 11) is 5.14. The van der Waals surface area contributed by atoms with E-state index in [1.165, 1.54) is 0 Å². The molecule has 0 aliphatic carbocycles. The van der Waals surface area contributed by atoms with Crippen LogP contribution in [0.15, 0.2) is 47.3 Å². The van der Waals surface area contributed by atoms with Gasteiger partial charge in [-0.05, 0) is 43.2 Å². The molecule has 1 saturated heterocycles. The Morgan fingerprint density at radius 1 is 1.10 bits per heavy atom. The van der Waals surface area contributed by atoms with Crippen molar-refractivity contribution in [1.29, 1.82) is 0 Å². The average molecular weight is 417 g/mol. The highest BCUT2D eigenvalue weighted by atomic mass is 16.5. The number of carbonyl (C=O) groups excluding carboxylic acids is 1. The highest BCUT2D eigenvalue weighted by molar-refractivity contribution is 5.99. The first-order valence-corrected chi connectivity index (χ1v) is 10.3. The van der Waals surface area contributed by atoms with E-state index in [2.05, 4.69) is 5.10 Å². The van der Waals surface area contributed by atoms with E-state index in [4.69, 9.17) is 9.72 Å². The van der Waals surface area contributed by atoms with Crippen molar-refractivity contribution in [2.24, 2.45) is 14.1 Å².